The maximum absolute atomic E-state index is 4.33. The van der Waals surface area contributed by atoms with Gasteiger partial charge in [-0.2, -0.15) is 0 Å². The highest BCUT2D eigenvalue weighted by molar-refractivity contribution is 5.63. The highest BCUT2D eigenvalue weighted by Crippen LogP contribution is 2.20. The smallest absolute Gasteiger partial charge is 0.178 e. The molecule has 0 amide bonds. The molecule has 21 nitrogen and oxygen atoms in total. The summed E-state index contributed by atoms with van der Waals surface area (Å²) >= 11 is 0. The van der Waals surface area contributed by atoms with Gasteiger partial charge >= 0.3 is 0 Å². The summed E-state index contributed by atoms with van der Waals surface area (Å²) in [5.41, 5.74) is 16.9. The Bertz CT molecular complexity index is 4150. The summed E-state index contributed by atoms with van der Waals surface area (Å²) in [6.07, 6.45) is 31.7. The first-order valence-electron chi connectivity index (χ1n) is 32.9. The van der Waals surface area contributed by atoms with E-state index in [0.29, 0.717) is 5.82 Å². The molecule has 0 saturated heterocycles. The van der Waals surface area contributed by atoms with Crippen molar-refractivity contribution in [3.8, 4) is 90.7 Å². The summed E-state index contributed by atoms with van der Waals surface area (Å²) in [4.78, 5) is 87.3. The van der Waals surface area contributed by atoms with E-state index >= 15 is 0 Å². The fourth-order valence-corrected chi connectivity index (χ4v) is 9.15. The number of aryl methyl sites for hydroxylation is 8. The first-order chi connectivity index (χ1) is 50.9. The van der Waals surface area contributed by atoms with E-state index in [4.69, 9.17) is 0 Å². The molecule has 14 aromatic heterocycles. The molecule has 0 fully saturated rings. The summed E-state index contributed by atoms with van der Waals surface area (Å²) in [6.45, 7) is 15.4. The molecular weight excluding hydrogens is 1290 g/mol. The van der Waals surface area contributed by atoms with Crippen LogP contribution < -0.4 is 0 Å². The average Bonchev–Trinajstić information content (AvgIpc) is 0.992. The molecular formula is C83H75N21. The Labute approximate surface area is 605 Å². The molecule has 0 aliphatic rings. The van der Waals surface area contributed by atoms with E-state index in [2.05, 4.69) is 111 Å². The Hall–Kier alpha value is -14.0. The molecule has 16 aromatic rings. The van der Waals surface area contributed by atoms with Gasteiger partial charge < -0.3 is 0 Å². The molecule has 0 saturated carbocycles. The lowest BCUT2D eigenvalue weighted by Gasteiger charge is -2.00. The summed E-state index contributed by atoms with van der Waals surface area (Å²) < 4.78 is 0. The molecule has 0 bridgehead atoms. The Kier molecular flexibility index (Phi) is 29.2. The number of aromatic nitrogens is 21. The predicted molar refractivity (Wildman–Crippen MR) is 407 cm³/mol. The molecule has 21 heteroatoms. The lowest BCUT2D eigenvalue weighted by Crippen LogP contribution is -1.91. The predicted octanol–water partition coefficient (Wildman–Crippen LogP) is 16.6. The van der Waals surface area contributed by atoms with Crippen LogP contribution in [0.1, 0.15) is 45.9 Å². The van der Waals surface area contributed by atoms with Gasteiger partial charge in [-0.1, -0.05) is 72.8 Å². The number of benzene rings is 2. The van der Waals surface area contributed by atoms with Crippen molar-refractivity contribution in [1.82, 2.24) is 105 Å². The maximum atomic E-state index is 4.33. The summed E-state index contributed by atoms with van der Waals surface area (Å²) in [6, 6.07) is 64.3. The normalized spacial score (nSPS) is 9.92. The van der Waals surface area contributed by atoms with E-state index in [9.17, 15) is 0 Å². The standard InChI is InChI=1S/3C11H10N2.5C10H9N3/c1-9-8-11(4-7-13-9)10-2-5-12-6-3-10;1-9-12-8-7-11(13-9)10-5-3-2-4-6-10;1-9-7-8-12-11(13-9)10-5-3-2-4-6-10;1-8-2-7-12-10(13-8)9-3-5-11-6-4-9;1-8-12-6-4-10(13-8)9-3-2-5-11-7-9;1-8-4-6-12-10(13-8)9-3-2-5-11-7-9;1-8-11-7-5-10(13-8)9-4-2-3-6-12-9;1-8-5-7-12-10(13-8)9-4-2-3-6-11-9/h3*2-8H,1H3;5*2-7H,1H3. The first-order valence-corrected chi connectivity index (χ1v) is 32.9. The summed E-state index contributed by atoms with van der Waals surface area (Å²) in [5.74, 6) is 5.31. The van der Waals surface area contributed by atoms with Gasteiger partial charge in [0.05, 0.1) is 22.8 Å². The minimum atomic E-state index is 0.681. The second kappa shape index (κ2) is 40.8. The molecule has 16 rings (SSSR count). The van der Waals surface area contributed by atoms with Crippen LogP contribution in [-0.2, 0) is 0 Å². The third-order valence-corrected chi connectivity index (χ3v) is 14.2. The van der Waals surface area contributed by atoms with Gasteiger partial charge in [0, 0.05) is 168 Å². The van der Waals surface area contributed by atoms with Crippen LogP contribution in [0.5, 0.6) is 0 Å². The molecule has 2 aromatic carbocycles. The van der Waals surface area contributed by atoms with Crippen LogP contribution in [0, 0.1) is 55.4 Å². The SMILES string of the molecule is Cc1cc(-c2ccncc2)ccn1.Cc1ccnc(-c2ccccc2)n1.Cc1ccnc(-c2ccccn2)n1.Cc1ccnc(-c2cccnc2)n1.Cc1ccnc(-c2ccncc2)n1.Cc1nccc(-c2ccccc2)n1.Cc1nccc(-c2ccccn2)n1.Cc1nccc(-c2cccnc2)n1. The molecule has 0 aliphatic carbocycles. The number of hydrogen-bond acceptors (Lipinski definition) is 21. The van der Waals surface area contributed by atoms with E-state index in [-0.39, 0.29) is 0 Å². The van der Waals surface area contributed by atoms with E-state index in [0.717, 1.165) is 120 Å². The Morgan fingerprint density at radius 3 is 0.990 bits per heavy atom. The Morgan fingerprint density at radius 1 is 0.173 bits per heavy atom. The number of hydrogen-bond donors (Lipinski definition) is 0. The molecule has 0 radical (unpaired) electrons. The van der Waals surface area contributed by atoms with Gasteiger partial charge in [0.2, 0.25) is 0 Å². The van der Waals surface area contributed by atoms with Gasteiger partial charge in [-0.05, 0) is 194 Å². The van der Waals surface area contributed by atoms with Crippen molar-refractivity contribution in [2.75, 3.05) is 0 Å². The summed E-state index contributed by atoms with van der Waals surface area (Å²) in [5, 5.41) is 0. The highest BCUT2D eigenvalue weighted by atomic mass is 14.9. The van der Waals surface area contributed by atoms with Gasteiger partial charge in [-0.25, -0.2) is 69.8 Å². The zero-order chi connectivity index (χ0) is 72.8. The molecule has 14 heterocycles. The van der Waals surface area contributed by atoms with Crippen molar-refractivity contribution >= 4 is 0 Å². The van der Waals surface area contributed by atoms with E-state index < -0.39 is 0 Å². The first kappa shape index (κ1) is 74.3. The minimum Gasteiger partial charge on any atom is -0.265 e. The minimum absolute atomic E-state index is 0.681. The largest absolute Gasteiger partial charge is 0.265 e. The number of pyridine rings is 7. The molecule has 0 atom stereocenters. The molecule has 0 aliphatic heterocycles. The van der Waals surface area contributed by atoms with Crippen LogP contribution in [0.2, 0.25) is 0 Å². The second-order valence-electron chi connectivity index (χ2n) is 22.4. The van der Waals surface area contributed by atoms with Crippen molar-refractivity contribution < 1.29 is 0 Å². The van der Waals surface area contributed by atoms with E-state index in [1.54, 1.807) is 105 Å². The van der Waals surface area contributed by atoms with Gasteiger partial charge in [-0.15, -0.1) is 0 Å². The van der Waals surface area contributed by atoms with Crippen molar-refractivity contribution in [3.63, 3.8) is 0 Å². The molecule has 0 spiro atoms. The quantitative estimate of drug-likeness (QED) is 0.137. The number of rotatable bonds is 8. The Morgan fingerprint density at radius 2 is 0.538 bits per heavy atom. The maximum Gasteiger partial charge on any atom is 0.178 e. The van der Waals surface area contributed by atoms with Crippen LogP contribution in [0.15, 0.2) is 312 Å². The fourth-order valence-electron chi connectivity index (χ4n) is 9.15. The van der Waals surface area contributed by atoms with Crippen molar-refractivity contribution in [2.24, 2.45) is 0 Å². The molecule has 0 N–H and O–H groups in total. The van der Waals surface area contributed by atoms with Crippen LogP contribution in [-0.4, -0.2) is 105 Å². The highest BCUT2D eigenvalue weighted by Gasteiger charge is 2.05. The molecule has 0 unspecified atom stereocenters. The average molecular weight is 1370 g/mol. The van der Waals surface area contributed by atoms with Gasteiger partial charge in [-0.3, -0.25) is 34.9 Å². The molecule has 104 heavy (non-hydrogen) atoms. The zero-order valence-corrected chi connectivity index (χ0v) is 58.8. The lowest BCUT2D eigenvalue weighted by atomic mass is 10.1. The Balaban J connectivity index is 0.000000138. The van der Waals surface area contributed by atoms with Crippen LogP contribution in [0.3, 0.4) is 0 Å². The second-order valence-corrected chi connectivity index (χ2v) is 22.4. The van der Waals surface area contributed by atoms with E-state index in [1.165, 1.54) is 11.1 Å². The zero-order valence-electron chi connectivity index (χ0n) is 58.8. The summed E-state index contributed by atoms with van der Waals surface area (Å²) in [7, 11) is 0. The van der Waals surface area contributed by atoms with Gasteiger partial charge in [0.25, 0.3) is 0 Å². The third kappa shape index (κ3) is 25.4. The van der Waals surface area contributed by atoms with Crippen LogP contribution in [0.4, 0.5) is 0 Å². The van der Waals surface area contributed by atoms with Gasteiger partial charge in [0.1, 0.15) is 23.2 Å². The number of nitrogens with zero attached hydrogens (tertiary/aromatic N) is 21. The lowest BCUT2D eigenvalue weighted by molar-refractivity contribution is 1.05. The van der Waals surface area contributed by atoms with E-state index in [1.807, 2.05) is 256 Å². The topological polar surface area (TPSA) is 271 Å². The van der Waals surface area contributed by atoms with Gasteiger partial charge in [0.15, 0.2) is 23.3 Å². The van der Waals surface area contributed by atoms with Crippen molar-refractivity contribution in [1.29, 1.82) is 0 Å². The monoisotopic (exact) mass is 1370 g/mol. The van der Waals surface area contributed by atoms with Crippen LogP contribution in [0.25, 0.3) is 90.7 Å². The van der Waals surface area contributed by atoms with Crippen LogP contribution >= 0.6 is 0 Å². The van der Waals surface area contributed by atoms with Crippen molar-refractivity contribution in [3.05, 3.63) is 358 Å². The van der Waals surface area contributed by atoms with Crippen molar-refractivity contribution in [2.45, 2.75) is 55.4 Å². The third-order valence-electron chi connectivity index (χ3n) is 14.2. The molecule has 512 valence electrons. The fraction of sp³-hybridized carbons (Fsp3) is 0.0964.